The number of rotatable bonds is 3. The van der Waals surface area contributed by atoms with E-state index >= 15 is 0 Å². The Bertz CT molecular complexity index is 1100. The summed E-state index contributed by atoms with van der Waals surface area (Å²) >= 11 is 1.66. The smallest absolute Gasteiger partial charge is 0.337 e. The molecule has 6 nitrogen and oxygen atoms in total. The van der Waals surface area contributed by atoms with E-state index in [0.717, 1.165) is 22.1 Å². The van der Waals surface area contributed by atoms with Gasteiger partial charge >= 0.3 is 5.97 Å². The van der Waals surface area contributed by atoms with Gasteiger partial charge < -0.3 is 5.11 Å². The molecule has 0 fully saturated rings. The number of carboxylic acids is 1. The van der Waals surface area contributed by atoms with Crippen molar-refractivity contribution in [3.63, 3.8) is 0 Å². The normalized spacial score (nSPS) is 10.7. The zero-order valence-corrected chi connectivity index (χ0v) is 16.8. The lowest BCUT2D eigenvalue weighted by Gasteiger charge is -2.11. The molecule has 0 atom stereocenters. The lowest BCUT2D eigenvalue weighted by Crippen LogP contribution is -2.07. The molecule has 0 saturated carbocycles. The maximum absolute atomic E-state index is 11.7. The van der Waals surface area contributed by atoms with Crippen LogP contribution in [0.5, 0.6) is 0 Å². The molecule has 4 heterocycles. The largest absolute Gasteiger partial charge is 0.478 e. The third-order valence-electron chi connectivity index (χ3n) is 4.18. The Morgan fingerprint density at radius 3 is 2.41 bits per heavy atom. The Kier molecular flexibility index (Phi) is 5.14. The number of carboxylic acid groups (broad SMARTS) is 1. The molecule has 0 aliphatic heterocycles. The molecule has 1 N–H and O–H groups in total. The molecule has 0 bridgehead atoms. The van der Waals surface area contributed by atoms with E-state index < -0.39 is 5.97 Å². The zero-order chi connectivity index (χ0) is 19.7. The Labute approximate surface area is 161 Å². The summed E-state index contributed by atoms with van der Waals surface area (Å²) in [5, 5.41) is 9.55. The number of imidazole rings is 2. The fourth-order valence-electron chi connectivity index (χ4n) is 3.03. The maximum atomic E-state index is 11.7. The highest BCUT2D eigenvalue weighted by Crippen LogP contribution is 2.31. The average Bonchev–Trinajstić information content (AvgIpc) is 3.35. The molecule has 0 amide bonds. The van der Waals surface area contributed by atoms with E-state index in [1.54, 1.807) is 36.0 Å². The minimum atomic E-state index is -0.972. The molecule has 0 aliphatic carbocycles. The standard InChI is InChI=1S/C18H16N4O2S.C2H6/c1-10-7-19-12(3)22(10)14-6-13(18(23)24)9-21-15(8-20-17(14)21)16-5-4-11(2)25-16;1-2/h4-9H,1-3H3,(H,23,24);1-2H3. The number of thiophene rings is 1. The number of aromatic carboxylic acids is 1. The number of hydrogen-bond acceptors (Lipinski definition) is 4. The van der Waals surface area contributed by atoms with Gasteiger partial charge in [0.25, 0.3) is 0 Å². The predicted octanol–water partition coefficient (Wildman–Crippen LogP) is 4.90. The van der Waals surface area contributed by atoms with Crippen LogP contribution in [0, 0.1) is 20.8 Å². The van der Waals surface area contributed by atoms with Crippen LogP contribution in [0.4, 0.5) is 0 Å². The van der Waals surface area contributed by atoms with Crippen molar-refractivity contribution in [2.75, 3.05) is 0 Å². The number of nitrogens with zero attached hydrogens (tertiary/aromatic N) is 4. The van der Waals surface area contributed by atoms with Crippen LogP contribution in [0.15, 0.2) is 36.8 Å². The molecule has 0 unspecified atom stereocenters. The van der Waals surface area contributed by atoms with Crippen molar-refractivity contribution < 1.29 is 9.90 Å². The van der Waals surface area contributed by atoms with Crippen LogP contribution in [0.25, 0.3) is 21.9 Å². The second kappa shape index (κ2) is 7.36. The van der Waals surface area contributed by atoms with Gasteiger partial charge in [-0.25, -0.2) is 14.8 Å². The molecule has 4 aromatic rings. The van der Waals surface area contributed by atoms with Crippen LogP contribution >= 0.6 is 11.3 Å². The van der Waals surface area contributed by atoms with Crippen LogP contribution in [0.2, 0.25) is 0 Å². The van der Waals surface area contributed by atoms with E-state index in [2.05, 4.69) is 9.97 Å². The Balaban J connectivity index is 0.00000102. The van der Waals surface area contributed by atoms with Crippen LogP contribution in [0.1, 0.15) is 40.6 Å². The first-order chi connectivity index (χ1) is 13.0. The molecule has 0 spiro atoms. The van der Waals surface area contributed by atoms with Gasteiger partial charge in [-0.15, -0.1) is 11.3 Å². The fraction of sp³-hybridized carbons (Fsp3) is 0.250. The van der Waals surface area contributed by atoms with E-state index in [-0.39, 0.29) is 5.56 Å². The molecule has 0 saturated heterocycles. The Morgan fingerprint density at radius 1 is 1.11 bits per heavy atom. The summed E-state index contributed by atoms with van der Waals surface area (Å²) < 4.78 is 3.78. The van der Waals surface area contributed by atoms with E-state index in [4.69, 9.17) is 0 Å². The van der Waals surface area contributed by atoms with Crippen molar-refractivity contribution in [3.8, 4) is 16.3 Å². The molecular weight excluding hydrogens is 360 g/mol. The quantitative estimate of drug-likeness (QED) is 0.547. The molecular formula is C20H22N4O2S. The van der Waals surface area contributed by atoms with Crippen LogP contribution < -0.4 is 0 Å². The molecule has 0 aromatic carbocycles. The number of aryl methyl sites for hydroxylation is 3. The van der Waals surface area contributed by atoms with Crippen LogP contribution in [0.3, 0.4) is 0 Å². The zero-order valence-electron chi connectivity index (χ0n) is 16.0. The van der Waals surface area contributed by atoms with Gasteiger partial charge in [-0.3, -0.25) is 8.97 Å². The molecule has 4 aromatic heterocycles. The number of aromatic nitrogens is 4. The molecule has 140 valence electrons. The fourth-order valence-corrected chi connectivity index (χ4v) is 3.90. The SMILES string of the molecule is CC.Cc1ccc(-c2cnc3c(-n4c(C)cnc4C)cc(C(=O)O)cn23)s1. The molecule has 27 heavy (non-hydrogen) atoms. The lowest BCUT2D eigenvalue weighted by molar-refractivity contribution is 0.0696. The first kappa shape index (κ1) is 18.8. The maximum Gasteiger partial charge on any atom is 0.337 e. The summed E-state index contributed by atoms with van der Waals surface area (Å²) in [6.07, 6.45) is 5.18. The second-order valence-corrected chi connectivity index (χ2v) is 7.24. The topological polar surface area (TPSA) is 72.4 Å². The van der Waals surface area contributed by atoms with Gasteiger partial charge in [-0.2, -0.15) is 0 Å². The number of carbonyl (C=O) groups is 1. The molecule has 0 aliphatic rings. The van der Waals surface area contributed by atoms with E-state index in [9.17, 15) is 9.90 Å². The first-order valence-corrected chi connectivity index (χ1v) is 9.60. The number of fused-ring (bicyclic) bond motifs is 1. The minimum absolute atomic E-state index is 0.211. The van der Waals surface area contributed by atoms with E-state index in [1.807, 2.05) is 55.7 Å². The highest BCUT2D eigenvalue weighted by atomic mass is 32.1. The van der Waals surface area contributed by atoms with Crippen molar-refractivity contribution in [1.82, 2.24) is 18.9 Å². The van der Waals surface area contributed by atoms with Gasteiger partial charge in [0.15, 0.2) is 5.65 Å². The van der Waals surface area contributed by atoms with Gasteiger partial charge in [-0.05, 0) is 39.0 Å². The molecule has 7 heteroatoms. The van der Waals surface area contributed by atoms with Gasteiger partial charge in [-0.1, -0.05) is 13.8 Å². The predicted molar refractivity (Wildman–Crippen MR) is 108 cm³/mol. The van der Waals surface area contributed by atoms with Crippen molar-refractivity contribution in [3.05, 3.63) is 58.7 Å². The van der Waals surface area contributed by atoms with Crippen molar-refractivity contribution in [2.45, 2.75) is 34.6 Å². The first-order valence-electron chi connectivity index (χ1n) is 8.78. The van der Waals surface area contributed by atoms with Crippen LogP contribution in [-0.4, -0.2) is 30.0 Å². The highest BCUT2D eigenvalue weighted by Gasteiger charge is 2.18. The van der Waals surface area contributed by atoms with Crippen LogP contribution in [-0.2, 0) is 0 Å². The summed E-state index contributed by atoms with van der Waals surface area (Å²) in [6, 6.07) is 5.73. The van der Waals surface area contributed by atoms with E-state index in [0.29, 0.717) is 11.3 Å². The third kappa shape index (κ3) is 3.26. The lowest BCUT2D eigenvalue weighted by atomic mass is 10.2. The minimum Gasteiger partial charge on any atom is -0.478 e. The van der Waals surface area contributed by atoms with Gasteiger partial charge in [0.2, 0.25) is 0 Å². The summed E-state index contributed by atoms with van der Waals surface area (Å²) in [6.45, 7) is 9.88. The summed E-state index contributed by atoms with van der Waals surface area (Å²) in [7, 11) is 0. The molecule has 0 radical (unpaired) electrons. The van der Waals surface area contributed by atoms with E-state index in [1.165, 1.54) is 4.88 Å². The monoisotopic (exact) mass is 382 g/mol. The number of pyridine rings is 1. The van der Waals surface area contributed by atoms with Crippen molar-refractivity contribution in [2.24, 2.45) is 0 Å². The van der Waals surface area contributed by atoms with Gasteiger partial charge in [0.1, 0.15) is 5.82 Å². The summed E-state index contributed by atoms with van der Waals surface area (Å²) in [4.78, 5) is 22.8. The Morgan fingerprint density at radius 2 is 1.85 bits per heavy atom. The van der Waals surface area contributed by atoms with Crippen molar-refractivity contribution in [1.29, 1.82) is 0 Å². The van der Waals surface area contributed by atoms with Gasteiger partial charge in [0.05, 0.1) is 28.0 Å². The second-order valence-electron chi connectivity index (χ2n) is 5.95. The Hall–Kier alpha value is -2.93. The van der Waals surface area contributed by atoms with Gasteiger partial charge in [0, 0.05) is 23.0 Å². The summed E-state index contributed by atoms with van der Waals surface area (Å²) in [5.74, 6) is -0.181. The average molecular weight is 382 g/mol. The number of hydrogen-bond donors (Lipinski definition) is 1. The molecule has 4 rings (SSSR count). The summed E-state index contributed by atoms with van der Waals surface area (Å²) in [5.41, 5.74) is 3.44. The third-order valence-corrected chi connectivity index (χ3v) is 5.20. The highest BCUT2D eigenvalue weighted by molar-refractivity contribution is 7.15. The van der Waals surface area contributed by atoms with Crippen molar-refractivity contribution >= 4 is 23.0 Å².